The molecule has 0 saturated heterocycles. The average molecular weight is 276 g/mol. The van der Waals surface area contributed by atoms with E-state index >= 15 is 0 Å². The lowest BCUT2D eigenvalue weighted by atomic mass is 10.2. The Morgan fingerprint density at radius 2 is 2.00 bits per heavy atom. The number of nitrogens with zero attached hydrogens (tertiary/aromatic N) is 6. The average Bonchev–Trinajstić information content (AvgIpc) is 3.16. The molecule has 0 aliphatic heterocycles. The maximum atomic E-state index is 4.60. The fourth-order valence-corrected chi connectivity index (χ4v) is 2.25. The lowest BCUT2D eigenvalue weighted by Crippen LogP contribution is -1.97. The van der Waals surface area contributed by atoms with Gasteiger partial charge in [0.25, 0.3) is 0 Å². The molecule has 102 valence electrons. The van der Waals surface area contributed by atoms with E-state index in [9.17, 15) is 0 Å². The van der Waals surface area contributed by atoms with E-state index in [1.54, 1.807) is 23.3 Å². The first-order valence-electron chi connectivity index (χ1n) is 6.58. The number of pyridine rings is 2. The third-order valence-corrected chi connectivity index (χ3v) is 3.30. The first kappa shape index (κ1) is 11.8. The third kappa shape index (κ3) is 2.06. The lowest BCUT2D eigenvalue weighted by Gasteiger charge is -2.00. The van der Waals surface area contributed by atoms with Crippen molar-refractivity contribution in [3.05, 3.63) is 60.8 Å². The van der Waals surface area contributed by atoms with Gasteiger partial charge in [0, 0.05) is 24.2 Å². The molecule has 6 nitrogen and oxygen atoms in total. The summed E-state index contributed by atoms with van der Waals surface area (Å²) in [5.41, 5.74) is 4.00. The monoisotopic (exact) mass is 276 g/mol. The largest absolute Gasteiger partial charge is 0.306 e. The van der Waals surface area contributed by atoms with Crippen molar-refractivity contribution in [2.24, 2.45) is 0 Å². The van der Waals surface area contributed by atoms with Gasteiger partial charge in [0.1, 0.15) is 5.65 Å². The highest BCUT2D eigenvalue weighted by Gasteiger charge is 2.06. The molecule has 4 heterocycles. The molecule has 21 heavy (non-hydrogen) atoms. The number of rotatable bonds is 2. The molecule has 0 bridgehead atoms. The van der Waals surface area contributed by atoms with Gasteiger partial charge in [-0.25, -0.2) is 14.6 Å². The second kappa shape index (κ2) is 4.52. The Morgan fingerprint density at radius 3 is 2.76 bits per heavy atom. The third-order valence-electron chi connectivity index (χ3n) is 3.30. The van der Waals surface area contributed by atoms with Gasteiger partial charge in [-0.1, -0.05) is 11.3 Å². The molecule has 0 atom stereocenters. The summed E-state index contributed by atoms with van der Waals surface area (Å²) in [5.74, 6) is 0.732. The molecule has 0 amide bonds. The maximum absolute atomic E-state index is 4.60. The highest BCUT2D eigenvalue weighted by atomic mass is 15.4. The molecule has 6 heteroatoms. The van der Waals surface area contributed by atoms with E-state index in [1.807, 2.05) is 28.8 Å². The Labute approximate surface area is 120 Å². The van der Waals surface area contributed by atoms with E-state index in [2.05, 4.69) is 39.5 Å². The summed E-state index contributed by atoms with van der Waals surface area (Å²) in [6, 6.07) is 7.95. The molecule has 0 aliphatic carbocycles. The second-order valence-corrected chi connectivity index (χ2v) is 4.85. The van der Waals surface area contributed by atoms with E-state index in [1.165, 1.54) is 5.56 Å². The molecule has 4 rings (SSSR count). The van der Waals surface area contributed by atoms with Gasteiger partial charge < -0.3 is 4.40 Å². The van der Waals surface area contributed by atoms with Crippen LogP contribution in [0.1, 0.15) is 5.56 Å². The van der Waals surface area contributed by atoms with Crippen LogP contribution in [0, 0.1) is 6.92 Å². The van der Waals surface area contributed by atoms with Crippen LogP contribution in [-0.4, -0.2) is 29.4 Å². The summed E-state index contributed by atoms with van der Waals surface area (Å²) in [6.07, 6.45) is 9.25. The summed E-state index contributed by atoms with van der Waals surface area (Å²) in [6.45, 7) is 2.06. The Morgan fingerprint density at radius 1 is 1.05 bits per heavy atom. The first-order valence-corrected chi connectivity index (χ1v) is 6.58. The van der Waals surface area contributed by atoms with Crippen LogP contribution in [0.15, 0.2) is 55.2 Å². The number of aryl methyl sites for hydroxylation is 1. The first-order chi connectivity index (χ1) is 10.3. The molecule has 0 spiro atoms. The maximum Gasteiger partial charge on any atom is 0.155 e. The highest BCUT2D eigenvalue weighted by Crippen LogP contribution is 2.19. The topological polar surface area (TPSA) is 60.9 Å². The SMILES string of the molecule is Cc1ccc2nc(-c3ccc(-n4ccnn4)nc3)cn2c1. The van der Waals surface area contributed by atoms with Crippen molar-refractivity contribution < 1.29 is 0 Å². The van der Waals surface area contributed by atoms with E-state index in [4.69, 9.17) is 0 Å². The van der Waals surface area contributed by atoms with Gasteiger partial charge in [-0.3, -0.25) is 0 Å². The molecule has 4 aromatic rings. The summed E-state index contributed by atoms with van der Waals surface area (Å²) in [7, 11) is 0. The van der Waals surface area contributed by atoms with E-state index < -0.39 is 0 Å². The number of fused-ring (bicyclic) bond motifs is 1. The van der Waals surface area contributed by atoms with Crippen LogP contribution in [0.2, 0.25) is 0 Å². The molecule has 0 unspecified atom stereocenters. The lowest BCUT2D eigenvalue weighted by molar-refractivity contribution is 0.781. The predicted octanol–water partition coefficient (Wildman–Crippen LogP) is 2.29. The van der Waals surface area contributed by atoms with Gasteiger partial charge in [0.2, 0.25) is 0 Å². The molecular formula is C15H12N6. The zero-order valence-corrected chi connectivity index (χ0v) is 11.4. The standard InChI is InChI=1S/C15H12N6/c1-11-2-4-15-18-13(10-20(15)9-11)12-3-5-14(16-8-12)21-7-6-17-19-21/h2-10H,1H3. The van der Waals surface area contributed by atoms with Gasteiger partial charge in [0.05, 0.1) is 18.1 Å². The molecule has 0 aliphatic rings. The van der Waals surface area contributed by atoms with Gasteiger partial charge in [-0.2, -0.15) is 0 Å². The van der Waals surface area contributed by atoms with E-state index in [-0.39, 0.29) is 0 Å². The second-order valence-electron chi connectivity index (χ2n) is 4.85. The van der Waals surface area contributed by atoms with Gasteiger partial charge >= 0.3 is 0 Å². The van der Waals surface area contributed by atoms with Crippen LogP contribution in [0.3, 0.4) is 0 Å². The number of hydrogen-bond donors (Lipinski definition) is 0. The smallest absolute Gasteiger partial charge is 0.155 e. The zero-order chi connectivity index (χ0) is 14.2. The van der Waals surface area contributed by atoms with Gasteiger partial charge in [-0.15, -0.1) is 5.10 Å². The predicted molar refractivity (Wildman–Crippen MR) is 78.1 cm³/mol. The zero-order valence-electron chi connectivity index (χ0n) is 11.4. The summed E-state index contributed by atoms with van der Waals surface area (Å²) in [5, 5.41) is 7.69. The van der Waals surface area contributed by atoms with E-state index in [0.717, 1.165) is 22.7 Å². The summed E-state index contributed by atoms with van der Waals surface area (Å²) in [4.78, 5) is 9.00. The number of hydrogen-bond acceptors (Lipinski definition) is 4. The van der Waals surface area contributed by atoms with Crippen LogP contribution in [0.5, 0.6) is 0 Å². The quantitative estimate of drug-likeness (QED) is 0.563. The Hall–Kier alpha value is -3.02. The molecule has 0 saturated carbocycles. The van der Waals surface area contributed by atoms with Crippen molar-refractivity contribution in [1.29, 1.82) is 0 Å². The minimum absolute atomic E-state index is 0.732. The van der Waals surface area contributed by atoms with E-state index in [0.29, 0.717) is 0 Å². The van der Waals surface area contributed by atoms with Gasteiger partial charge in [-0.05, 0) is 30.7 Å². The molecule has 0 radical (unpaired) electrons. The van der Waals surface area contributed by atoms with Crippen molar-refractivity contribution in [2.75, 3.05) is 0 Å². The van der Waals surface area contributed by atoms with Crippen molar-refractivity contribution in [2.45, 2.75) is 6.92 Å². The summed E-state index contributed by atoms with van der Waals surface area (Å²) >= 11 is 0. The van der Waals surface area contributed by atoms with Crippen LogP contribution in [-0.2, 0) is 0 Å². The van der Waals surface area contributed by atoms with Crippen LogP contribution >= 0.6 is 0 Å². The fraction of sp³-hybridized carbons (Fsp3) is 0.0667. The fourth-order valence-electron chi connectivity index (χ4n) is 2.25. The van der Waals surface area contributed by atoms with Crippen molar-refractivity contribution in [1.82, 2.24) is 29.4 Å². The van der Waals surface area contributed by atoms with Crippen molar-refractivity contribution >= 4 is 5.65 Å². The normalized spacial score (nSPS) is 11.1. The molecule has 4 aromatic heterocycles. The van der Waals surface area contributed by atoms with Crippen molar-refractivity contribution in [3.8, 4) is 17.1 Å². The minimum atomic E-state index is 0.732. The minimum Gasteiger partial charge on any atom is -0.306 e. The van der Waals surface area contributed by atoms with Crippen LogP contribution < -0.4 is 0 Å². The number of imidazole rings is 1. The van der Waals surface area contributed by atoms with Crippen LogP contribution in [0.4, 0.5) is 0 Å². The molecular weight excluding hydrogens is 264 g/mol. The Kier molecular flexibility index (Phi) is 2.53. The van der Waals surface area contributed by atoms with Crippen molar-refractivity contribution in [3.63, 3.8) is 0 Å². The number of aromatic nitrogens is 6. The molecule has 0 aromatic carbocycles. The summed E-state index contributed by atoms with van der Waals surface area (Å²) < 4.78 is 3.65. The molecule has 0 fully saturated rings. The van der Waals surface area contributed by atoms with Gasteiger partial charge in [0.15, 0.2) is 5.82 Å². The Bertz CT molecular complexity index is 890. The molecule has 0 N–H and O–H groups in total. The highest BCUT2D eigenvalue weighted by molar-refractivity contribution is 5.62. The van der Waals surface area contributed by atoms with Crippen LogP contribution in [0.25, 0.3) is 22.7 Å². The Balaban J connectivity index is 1.74.